The van der Waals surface area contributed by atoms with Crippen LogP contribution in [0.25, 0.3) is 0 Å². The average molecular weight is 287 g/mol. The maximum Gasteiger partial charge on any atom is 0.126 e. The lowest BCUT2D eigenvalue weighted by Crippen LogP contribution is -2.54. The van der Waals surface area contributed by atoms with E-state index in [-0.39, 0.29) is 17.3 Å². The third-order valence-electron chi connectivity index (χ3n) is 3.71. The minimum atomic E-state index is -0.245. The molecule has 0 saturated heterocycles. The maximum atomic E-state index is 13.0. The molecule has 0 amide bonds. The van der Waals surface area contributed by atoms with Crippen LogP contribution < -0.4 is 4.74 Å². The van der Waals surface area contributed by atoms with Gasteiger partial charge in [-0.25, -0.2) is 4.39 Å². The summed E-state index contributed by atoms with van der Waals surface area (Å²) in [5, 5.41) is 0. The third kappa shape index (κ3) is 1.97. The molecule has 16 heavy (non-hydrogen) atoms. The van der Waals surface area contributed by atoms with Crippen LogP contribution >= 0.6 is 15.9 Å². The van der Waals surface area contributed by atoms with Crippen LogP contribution in [0.15, 0.2) is 24.3 Å². The van der Waals surface area contributed by atoms with Crippen LogP contribution in [0, 0.1) is 11.2 Å². The zero-order valence-electron chi connectivity index (χ0n) is 9.54. The Balaban J connectivity index is 2.06. The molecule has 0 radical (unpaired) electrons. The first-order chi connectivity index (χ1) is 7.56. The molecular weight excluding hydrogens is 271 g/mol. The van der Waals surface area contributed by atoms with Gasteiger partial charge in [0.2, 0.25) is 0 Å². The fraction of sp³-hybridized carbons (Fsp3) is 0.538. The number of alkyl halides is 1. The van der Waals surface area contributed by atoms with Gasteiger partial charge in [-0.15, -0.1) is 0 Å². The van der Waals surface area contributed by atoms with Crippen molar-refractivity contribution in [2.24, 2.45) is 5.41 Å². The van der Waals surface area contributed by atoms with Crippen molar-refractivity contribution in [2.75, 3.05) is 0 Å². The monoisotopic (exact) mass is 286 g/mol. The first-order valence-electron chi connectivity index (χ1n) is 5.62. The Labute approximate surface area is 104 Å². The molecule has 3 heteroatoms. The lowest BCUT2D eigenvalue weighted by atomic mass is 9.65. The summed E-state index contributed by atoms with van der Waals surface area (Å²) in [5.74, 6) is 0.384. The van der Waals surface area contributed by atoms with Crippen molar-refractivity contribution in [3.8, 4) is 5.75 Å². The Morgan fingerprint density at radius 2 is 2.31 bits per heavy atom. The lowest BCUT2D eigenvalue weighted by molar-refractivity contribution is -0.0244. The number of hydrogen-bond donors (Lipinski definition) is 0. The van der Waals surface area contributed by atoms with Gasteiger partial charge in [0.25, 0.3) is 0 Å². The van der Waals surface area contributed by atoms with Crippen LogP contribution in [0.4, 0.5) is 4.39 Å². The Morgan fingerprint density at radius 1 is 1.56 bits per heavy atom. The summed E-state index contributed by atoms with van der Waals surface area (Å²) in [7, 11) is 0. The van der Waals surface area contributed by atoms with Crippen LogP contribution in [-0.4, -0.2) is 10.9 Å². The smallest absolute Gasteiger partial charge is 0.126 e. The predicted octanol–water partition coefficient (Wildman–Crippen LogP) is 4.16. The van der Waals surface area contributed by atoms with Gasteiger partial charge < -0.3 is 4.74 Å². The zero-order chi connectivity index (χ0) is 11.8. The highest BCUT2D eigenvalue weighted by Crippen LogP contribution is 2.50. The van der Waals surface area contributed by atoms with Crippen molar-refractivity contribution in [2.45, 2.75) is 37.6 Å². The van der Waals surface area contributed by atoms with Gasteiger partial charge in [0.05, 0.1) is 0 Å². The second-order valence-electron chi connectivity index (χ2n) is 4.63. The molecule has 3 unspecified atom stereocenters. The standard InChI is InChI=1S/C13H16BrFO/c1-3-13(2)11(14)8-12(13)16-10-6-4-5-9(15)7-10/h4-7,11-12H,3,8H2,1-2H3. The molecule has 1 aliphatic rings. The second-order valence-corrected chi connectivity index (χ2v) is 5.73. The Morgan fingerprint density at radius 3 is 2.88 bits per heavy atom. The number of ether oxygens (including phenoxy) is 1. The summed E-state index contributed by atoms with van der Waals surface area (Å²) < 4.78 is 18.8. The molecule has 1 nitrogen and oxygen atoms in total. The van der Waals surface area contributed by atoms with Gasteiger partial charge in [-0.3, -0.25) is 0 Å². The predicted molar refractivity (Wildman–Crippen MR) is 66.5 cm³/mol. The van der Waals surface area contributed by atoms with E-state index in [0.29, 0.717) is 10.6 Å². The minimum Gasteiger partial charge on any atom is -0.490 e. The Kier molecular flexibility index (Phi) is 3.24. The third-order valence-corrected chi connectivity index (χ3v) is 5.13. The highest BCUT2D eigenvalue weighted by Gasteiger charge is 2.50. The highest BCUT2D eigenvalue weighted by molar-refractivity contribution is 9.09. The molecule has 1 saturated carbocycles. The zero-order valence-corrected chi connectivity index (χ0v) is 11.1. The number of benzene rings is 1. The summed E-state index contributed by atoms with van der Waals surface area (Å²) >= 11 is 3.66. The molecular formula is C13H16BrFO. The van der Waals surface area contributed by atoms with E-state index in [4.69, 9.17) is 4.74 Å². The molecule has 0 bridgehead atoms. The molecule has 0 aromatic heterocycles. The van der Waals surface area contributed by atoms with E-state index in [1.165, 1.54) is 12.1 Å². The number of halogens is 2. The van der Waals surface area contributed by atoms with E-state index in [9.17, 15) is 4.39 Å². The van der Waals surface area contributed by atoms with Gasteiger partial charge in [0.1, 0.15) is 17.7 Å². The quantitative estimate of drug-likeness (QED) is 0.759. The van der Waals surface area contributed by atoms with Gasteiger partial charge in [-0.05, 0) is 25.0 Å². The first-order valence-corrected chi connectivity index (χ1v) is 6.54. The minimum absolute atomic E-state index is 0.159. The molecule has 1 aliphatic carbocycles. The average Bonchev–Trinajstić information content (AvgIpc) is 2.27. The summed E-state index contributed by atoms with van der Waals surface area (Å²) in [6, 6.07) is 6.36. The second kappa shape index (κ2) is 4.36. The van der Waals surface area contributed by atoms with Crippen LogP contribution in [0.2, 0.25) is 0 Å². The van der Waals surface area contributed by atoms with Gasteiger partial charge in [0, 0.05) is 16.3 Å². The van der Waals surface area contributed by atoms with E-state index in [0.717, 1.165) is 12.8 Å². The van der Waals surface area contributed by atoms with Crippen molar-refractivity contribution >= 4 is 15.9 Å². The fourth-order valence-corrected chi connectivity index (χ4v) is 3.06. The van der Waals surface area contributed by atoms with E-state index in [1.807, 2.05) is 0 Å². The molecule has 1 aromatic rings. The lowest BCUT2D eigenvalue weighted by Gasteiger charge is -2.50. The topological polar surface area (TPSA) is 9.23 Å². The summed E-state index contributed by atoms with van der Waals surface area (Å²) in [5.41, 5.74) is 0.159. The normalized spacial score (nSPS) is 33.2. The molecule has 3 atom stereocenters. The molecule has 1 aromatic carbocycles. The van der Waals surface area contributed by atoms with Gasteiger partial charge in [-0.1, -0.05) is 35.8 Å². The summed E-state index contributed by atoms with van der Waals surface area (Å²) in [6.07, 6.45) is 2.23. The van der Waals surface area contributed by atoms with Gasteiger partial charge >= 0.3 is 0 Å². The summed E-state index contributed by atoms with van der Waals surface area (Å²) in [6.45, 7) is 4.37. The van der Waals surface area contributed by atoms with Gasteiger partial charge in [0.15, 0.2) is 0 Å². The molecule has 88 valence electrons. The maximum absolute atomic E-state index is 13.0. The number of hydrogen-bond acceptors (Lipinski definition) is 1. The molecule has 2 rings (SSSR count). The van der Waals surface area contributed by atoms with E-state index in [2.05, 4.69) is 29.8 Å². The van der Waals surface area contributed by atoms with E-state index in [1.54, 1.807) is 12.1 Å². The van der Waals surface area contributed by atoms with Crippen molar-refractivity contribution < 1.29 is 9.13 Å². The van der Waals surface area contributed by atoms with Crippen LogP contribution in [-0.2, 0) is 0 Å². The molecule has 0 spiro atoms. The number of rotatable bonds is 3. The van der Waals surface area contributed by atoms with Crippen molar-refractivity contribution in [3.05, 3.63) is 30.1 Å². The van der Waals surface area contributed by atoms with Crippen molar-refractivity contribution in [1.29, 1.82) is 0 Å². The molecule has 0 N–H and O–H groups in total. The SMILES string of the molecule is CCC1(C)C(Br)CC1Oc1cccc(F)c1. The summed E-state index contributed by atoms with van der Waals surface area (Å²) in [4.78, 5) is 0.503. The van der Waals surface area contributed by atoms with Crippen LogP contribution in [0.3, 0.4) is 0 Å². The molecule has 1 fully saturated rings. The van der Waals surface area contributed by atoms with Crippen LogP contribution in [0.1, 0.15) is 26.7 Å². The van der Waals surface area contributed by atoms with Gasteiger partial charge in [-0.2, -0.15) is 0 Å². The van der Waals surface area contributed by atoms with E-state index >= 15 is 0 Å². The largest absolute Gasteiger partial charge is 0.490 e. The van der Waals surface area contributed by atoms with Crippen LogP contribution in [0.5, 0.6) is 5.75 Å². The van der Waals surface area contributed by atoms with Crippen molar-refractivity contribution in [1.82, 2.24) is 0 Å². The van der Waals surface area contributed by atoms with Crippen molar-refractivity contribution in [3.63, 3.8) is 0 Å². The van der Waals surface area contributed by atoms with E-state index < -0.39 is 0 Å². The Bertz CT molecular complexity index is 382. The highest BCUT2D eigenvalue weighted by atomic mass is 79.9. The Hall–Kier alpha value is -0.570. The fourth-order valence-electron chi connectivity index (χ4n) is 2.10. The first kappa shape index (κ1) is 11.9. The molecule has 0 aliphatic heterocycles. The molecule has 0 heterocycles.